The summed E-state index contributed by atoms with van der Waals surface area (Å²) in [7, 11) is 1.49. The molecule has 0 amide bonds. The lowest BCUT2D eigenvalue weighted by molar-refractivity contribution is -0.870. The van der Waals surface area contributed by atoms with Gasteiger partial charge in [-0.3, -0.25) is 18.6 Å². The fraction of sp³-hybridized carbons (Fsp3) is 0.949. The second-order valence-corrected chi connectivity index (χ2v) is 16.5. The lowest BCUT2D eigenvalue weighted by Gasteiger charge is -2.24. The Morgan fingerprint density at radius 2 is 0.918 bits per heavy atom. The van der Waals surface area contributed by atoms with Crippen molar-refractivity contribution in [1.29, 1.82) is 0 Å². The lowest BCUT2D eigenvalue weighted by atomic mass is 10.0. The number of hydrogen-bond acceptors (Lipinski definition) is 7. The van der Waals surface area contributed by atoms with Crippen molar-refractivity contribution in [2.45, 2.75) is 193 Å². The van der Waals surface area contributed by atoms with Gasteiger partial charge in [-0.25, -0.2) is 4.57 Å². The fourth-order valence-electron chi connectivity index (χ4n) is 5.66. The van der Waals surface area contributed by atoms with Gasteiger partial charge in [0.25, 0.3) is 0 Å². The summed E-state index contributed by atoms with van der Waals surface area (Å²) in [6.07, 6.45) is 30.1. The molecule has 0 aromatic rings. The van der Waals surface area contributed by atoms with Crippen LogP contribution in [-0.2, 0) is 32.7 Å². The zero-order valence-electron chi connectivity index (χ0n) is 32.7. The molecule has 0 aliphatic heterocycles. The van der Waals surface area contributed by atoms with Crippen molar-refractivity contribution in [2.24, 2.45) is 0 Å². The van der Waals surface area contributed by atoms with Gasteiger partial charge >= 0.3 is 19.8 Å². The number of nitrogens with zero attached hydrogens (tertiary/aromatic N) is 1. The van der Waals surface area contributed by atoms with Gasteiger partial charge in [0.15, 0.2) is 6.10 Å². The molecule has 0 radical (unpaired) electrons. The molecule has 9 nitrogen and oxygen atoms in total. The number of phosphoric ester groups is 1. The van der Waals surface area contributed by atoms with E-state index in [0.717, 1.165) is 38.5 Å². The summed E-state index contributed by atoms with van der Waals surface area (Å²) < 4.78 is 34.2. The molecule has 49 heavy (non-hydrogen) atoms. The van der Waals surface area contributed by atoms with E-state index in [9.17, 15) is 19.0 Å². The van der Waals surface area contributed by atoms with Crippen LogP contribution in [0, 0.1) is 0 Å². The van der Waals surface area contributed by atoms with Crippen molar-refractivity contribution >= 4 is 19.8 Å². The second kappa shape index (κ2) is 32.9. The van der Waals surface area contributed by atoms with E-state index < -0.39 is 26.5 Å². The first-order valence-electron chi connectivity index (χ1n) is 20.3. The molecule has 0 spiro atoms. The van der Waals surface area contributed by atoms with Crippen LogP contribution in [0.2, 0.25) is 0 Å². The number of ether oxygens (including phenoxy) is 2. The molecule has 0 fully saturated rings. The molecule has 0 rings (SSSR count). The van der Waals surface area contributed by atoms with Gasteiger partial charge in [-0.2, -0.15) is 0 Å². The van der Waals surface area contributed by atoms with Crippen molar-refractivity contribution in [3.8, 4) is 0 Å². The van der Waals surface area contributed by atoms with Gasteiger partial charge in [0, 0.05) is 12.8 Å². The molecule has 0 aromatic carbocycles. The van der Waals surface area contributed by atoms with Gasteiger partial charge < -0.3 is 18.9 Å². The van der Waals surface area contributed by atoms with Crippen molar-refractivity contribution in [3.63, 3.8) is 0 Å². The summed E-state index contributed by atoms with van der Waals surface area (Å²) in [5, 5.41) is 0. The SMILES string of the molecule is CCCCCCCCCCCCCCCCCCC(=O)O[C@H](COC(=O)CCCCCCCCCCC)COP(=O)(O)OCC[N+](C)(C)C. The van der Waals surface area contributed by atoms with Crippen LogP contribution in [0.25, 0.3) is 0 Å². The first-order valence-corrected chi connectivity index (χ1v) is 21.8. The third kappa shape index (κ3) is 36.6. The molecule has 0 aliphatic rings. The molecule has 2 atom stereocenters. The largest absolute Gasteiger partial charge is 0.472 e. The van der Waals surface area contributed by atoms with E-state index in [-0.39, 0.29) is 25.6 Å². The highest BCUT2D eigenvalue weighted by molar-refractivity contribution is 7.47. The summed E-state index contributed by atoms with van der Waals surface area (Å²) in [6.45, 7) is 4.42. The number of likely N-dealkylation sites (N-methyl/N-ethyl adjacent to an activating group) is 1. The average Bonchev–Trinajstić information content (AvgIpc) is 3.04. The van der Waals surface area contributed by atoms with Gasteiger partial charge in [0.1, 0.15) is 19.8 Å². The van der Waals surface area contributed by atoms with Crippen LogP contribution in [0.1, 0.15) is 187 Å². The highest BCUT2D eigenvalue weighted by Crippen LogP contribution is 2.43. The Bertz CT molecular complexity index is 819. The standard InChI is InChI=1S/C39H78NO8P/c1-6-8-10-12-14-16-17-18-19-20-21-22-24-26-28-30-32-39(42)48-37(36-47-49(43,44)46-34-33-40(3,4)5)35-45-38(41)31-29-27-25-23-15-13-11-9-7-2/h37H,6-36H2,1-5H3/p+1/t37-/m1/s1. The van der Waals surface area contributed by atoms with Crippen LogP contribution in [0.5, 0.6) is 0 Å². The number of carbonyl (C=O) groups is 2. The Morgan fingerprint density at radius 1 is 0.551 bits per heavy atom. The Kier molecular flexibility index (Phi) is 32.2. The molecule has 1 unspecified atom stereocenters. The normalized spacial score (nSPS) is 13.7. The van der Waals surface area contributed by atoms with Crippen molar-refractivity contribution < 1.29 is 42.1 Å². The summed E-state index contributed by atoms with van der Waals surface area (Å²) in [6, 6.07) is 0. The second-order valence-electron chi connectivity index (χ2n) is 15.0. The number of unbranched alkanes of at least 4 members (excludes halogenated alkanes) is 23. The summed E-state index contributed by atoms with van der Waals surface area (Å²) in [5.74, 6) is -0.791. The van der Waals surface area contributed by atoms with Gasteiger partial charge in [-0.1, -0.05) is 162 Å². The molecule has 0 aliphatic carbocycles. The molecular formula is C39H79NO8P+. The highest BCUT2D eigenvalue weighted by atomic mass is 31.2. The first-order chi connectivity index (χ1) is 23.5. The molecule has 0 saturated carbocycles. The molecule has 0 saturated heterocycles. The van der Waals surface area contributed by atoms with Crippen LogP contribution in [0.3, 0.4) is 0 Å². The van der Waals surface area contributed by atoms with Gasteiger partial charge in [-0.15, -0.1) is 0 Å². The minimum Gasteiger partial charge on any atom is -0.462 e. The highest BCUT2D eigenvalue weighted by Gasteiger charge is 2.27. The van der Waals surface area contributed by atoms with Gasteiger partial charge in [-0.05, 0) is 12.8 Å². The molecule has 10 heteroatoms. The Labute approximate surface area is 302 Å². The van der Waals surface area contributed by atoms with E-state index >= 15 is 0 Å². The first kappa shape index (κ1) is 48.0. The van der Waals surface area contributed by atoms with Crippen LogP contribution in [-0.4, -0.2) is 74.9 Å². The summed E-state index contributed by atoms with van der Waals surface area (Å²) >= 11 is 0. The molecular weight excluding hydrogens is 641 g/mol. The van der Waals surface area contributed by atoms with E-state index in [4.69, 9.17) is 18.5 Å². The predicted octanol–water partition coefficient (Wildman–Crippen LogP) is 10.9. The maximum absolute atomic E-state index is 12.6. The number of rotatable bonds is 37. The minimum atomic E-state index is -4.36. The monoisotopic (exact) mass is 721 g/mol. The number of esters is 2. The van der Waals surface area contributed by atoms with E-state index in [1.54, 1.807) is 0 Å². The molecule has 292 valence electrons. The van der Waals surface area contributed by atoms with Crippen LogP contribution in [0.15, 0.2) is 0 Å². The third-order valence-corrected chi connectivity index (χ3v) is 9.87. The summed E-state index contributed by atoms with van der Waals surface area (Å²) in [5.41, 5.74) is 0. The number of quaternary nitrogens is 1. The average molecular weight is 721 g/mol. The number of carbonyl (C=O) groups excluding carboxylic acids is 2. The summed E-state index contributed by atoms with van der Waals surface area (Å²) in [4.78, 5) is 35.1. The van der Waals surface area contributed by atoms with Crippen LogP contribution in [0.4, 0.5) is 0 Å². The fourth-order valence-corrected chi connectivity index (χ4v) is 6.40. The minimum absolute atomic E-state index is 0.0364. The Morgan fingerprint density at radius 3 is 1.31 bits per heavy atom. The van der Waals surface area contributed by atoms with Crippen LogP contribution < -0.4 is 0 Å². The molecule has 1 N–H and O–H groups in total. The van der Waals surface area contributed by atoms with Gasteiger partial charge in [0.2, 0.25) is 0 Å². The zero-order valence-corrected chi connectivity index (χ0v) is 33.6. The van der Waals surface area contributed by atoms with Crippen molar-refractivity contribution in [3.05, 3.63) is 0 Å². The lowest BCUT2D eigenvalue weighted by Crippen LogP contribution is -2.37. The van der Waals surface area contributed by atoms with E-state index in [2.05, 4.69) is 13.8 Å². The quantitative estimate of drug-likeness (QED) is 0.0292. The zero-order chi connectivity index (χ0) is 36.5. The Balaban J connectivity index is 4.33. The van der Waals surface area contributed by atoms with E-state index in [1.807, 2.05) is 21.1 Å². The smallest absolute Gasteiger partial charge is 0.462 e. The van der Waals surface area contributed by atoms with Crippen LogP contribution >= 0.6 is 7.82 Å². The predicted molar refractivity (Wildman–Crippen MR) is 201 cm³/mol. The van der Waals surface area contributed by atoms with Crippen molar-refractivity contribution in [2.75, 3.05) is 47.5 Å². The van der Waals surface area contributed by atoms with E-state index in [0.29, 0.717) is 17.4 Å². The van der Waals surface area contributed by atoms with Crippen molar-refractivity contribution in [1.82, 2.24) is 0 Å². The Hall–Kier alpha value is -0.990. The molecule has 0 aromatic heterocycles. The maximum atomic E-state index is 12.6. The third-order valence-electron chi connectivity index (χ3n) is 8.89. The molecule has 0 bridgehead atoms. The number of phosphoric acid groups is 1. The maximum Gasteiger partial charge on any atom is 0.472 e. The molecule has 0 heterocycles. The topological polar surface area (TPSA) is 108 Å². The van der Waals surface area contributed by atoms with Gasteiger partial charge in [0.05, 0.1) is 27.7 Å². The van der Waals surface area contributed by atoms with E-state index in [1.165, 1.54) is 122 Å². The number of hydrogen-bond donors (Lipinski definition) is 1.